The molecule has 0 aliphatic carbocycles. The van der Waals surface area contributed by atoms with E-state index < -0.39 is 8.32 Å². The summed E-state index contributed by atoms with van der Waals surface area (Å²) in [6.07, 6.45) is 6.27. The lowest BCUT2D eigenvalue weighted by Crippen LogP contribution is -2.23. The Morgan fingerprint density at radius 3 is 2.15 bits per heavy atom. The molecule has 0 aromatic rings. The molecule has 2 heteroatoms. The third-order valence-corrected chi connectivity index (χ3v) is 2.23. The van der Waals surface area contributed by atoms with Crippen molar-refractivity contribution in [1.82, 2.24) is 0 Å². The molecule has 0 fully saturated rings. The fourth-order valence-corrected chi connectivity index (χ4v) is 1.96. The second-order valence-corrected chi connectivity index (χ2v) is 9.05. The quantitative estimate of drug-likeness (QED) is 0.377. The van der Waals surface area contributed by atoms with Crippen LogP contribution in [0.4, 0.5) is 0 Å². The van der Waals surface area contributed by atoms with Gasteiger partial charge in [-0.15, -0.1) is 0 Å². The predicted octanol–water partition coefficient (Wildman–Crippen LogP) is 3.95. The molecule has 0 N–H and O–H groups in total. The smallest absolute Gasteiger partial charge is 0.241 e. The maximum Gasteiger partial charge on any atom is 0.241 e. The van der Waals surface area contributed by atoms with Crippen molar-refractivity contribution in [2.75, 3.05) is 0 Å². The Morgan fingerprint density at radius 1 is 1.23 bits per heavy atom. The van der Waals surface area contributed by atoms with Crippen molar-refractivity contribution in [2.24, 2.45) is 5.92 Å². The first kappa shape index (κ1) is 12.5. The molecule has 0 atom stereocenters. The lowest BCUT2D eigenvalue weighted by atomic mass is 10.2. The maximum absolute atomic E-state index is 5.77. The van der Waals surface area contributed by atoms with Crippen LogP contribution in [-0.4, -0.2) is 8.32 Å². The lowest BCUT2D eigenvalue weighted by molar-refractivity contribution is 0.424. The maximum atomic E-state index is 5.77. The highest BCUT2D eigenvalue weighted by molar-refractivity contribution is 6.70. The minimum absolute atomic E-state index is 0.607. The fourth-order valence-electron chi connectivity index (χ4n) is 0.930. The van der Waals surface area contributed by atoms with Crippen LogP contribution < -0.4 is 0 Å². The fraction of sp³-hybridized carbons (Fsp3) is 0.636. The van der Waals surface area contributed by atoms with Crippen LogP contribution in [0.3, 0.4) is 0 Å². The third-order valence-electron chi connectivity index (χ3n) is 1.29. The molecule has 0 saturated carbocycles. The van der Waals surface area contributed by atoms with E-state index in [0.717, 1.165) is 5.76 Å². The highest BCUT2D eigenvalue weighted by Gasteiger charge is 2.15. The predicted molar refractivity (Wildman–Crippen MR) is 62.2 cm³/mol. The van der Waals surface area contributed by atoms with Gasteiger partial charge in [-0.3, -0.25) is 0 Å². The minimum atomic E-state index is -1.40. The molecule has 0 aliphatic rings. The summed E-state index contributed by atoms with van der Waals surface area (Å²) in [5.41, 5.74) is 0. The second kappa shape index (κ2) is 5.27. The Balaban J connectivity index is 4.04. The van der Waals surface area contributed by atoms with Crippen LogP contribution >= 0.6 is 0 Å². The zero-order chi connectivity index (χ0) is 10.5. The van der Waals surface area contributed by atoms with E-state index in [1.807, 2.05) is 13.0 Å². The van der Waals surface area contributed by atoms with Crippen molar-refractivity contribution in [3.05, 3.63) is 24.0 Å². The number of rotatable bonds is 4. The summed E-state index contributed by atoms with van der Waals surface area (Å²) in [6, 6.07) is 0. The molecule has 0 heterocycles. The van der Waals surface area contributed by atoms with Gasteiger partial charge in [0.25, 0.3) is 0 Å². The second-order valence-electron chi connectivity index (χ2n) is 4.62. The largest absolute Gasteiger partial charge is 0.548 e. The van der Waals surface area contributed by atoms with Crippen LogP contribution in [0.5, 0.6) is 0 Å². The van der Waals surface area contributed by atoms with Gasteiger partial charge in [0.15, 0.2) is 0 Å². The van der Waals surface area contributed by atoms with E-state index in [1.54, 1.807) is 0 Å². The zero-order valence-electron chi connectivity index (χ0n) is 9.72. The number of allylic oxidation sites excluding steroid dienone is 4. The third kappa shape index (κ3) is 9.41. The standard InChI is InChI=1S/C11H22OSi/c1-10(2)8-7-9-11(3)12-13(4,5)6/h7-10H,1-6H3. The summed E-state index contributed by atoms with van der Waals surface area (Å²) < 4.78 is 5.77. The summed E-state index contributed by atoms with van der Waals surface area (Å²) in [5.74, 6) is 1.63. The van der Waals surface area contributed by atoms with E-state index in [-0.39, 0.29) is 0 Å². The van der Waals surface area contributed by atoms with Crippen LogP contribution in [0.2, 0.25) is 19.6 Å². The van der Waals surface area contributed by atoms with Crippen molar-refractivity contribution in [3.8, 4) is 0 Å². The molecular weight excluding hydrogens is 176 g/mol. The summed E-state index contributed by atoms with van der Waals surface area (Å²) in [5, 5.41) is 0. The van der Waals surface area contributed by atoms with Crippen molar-refractivity contribution in [3.63, 3.8) is 0 Å². The summed E-state index contributed by atoms with van der Waals surface area (Å²) >= 11 is 0. The average molecular weight is 198 g/mol. The highest BCUT2D eigenvalue weighted by atomic mass is 28.4. The molecule has 0 radical (unpaired) electrons. The molecule has 0 amide bonds. The Hall–Kier alpha value is -0.503. The Labute approximate surface area is 83.6 Å². The number of hydrogen-bond acceptors (Lipinski definition) is 1. The summed E-state index contributed by atoms with van der Waals surface area (Å²) in [6.45, 7) is 12.9. The monoisotopic (exact) mass is 198 g/mol. The van der Waals surface area contributed by atoms with Gasteiger partial charge in [-0.2, -0.15) is 0 Å². The lowest BCUT2D eigenvalue weighted by Gasteiger charge is -2.19. The summed E-state index contributed by atoms with van der Waals surface area (Å²) in [7, 11) is -1.40. The Kier molecular flexibility index (Phi) is 5.07. The van der Waals surface area contributed by atoms with Gasteiger partial charge >= 0.3 is 0 Å². The molecule has 0 rings (SSSR count). The molecule has 0 spiro atoms. The molecular formula is C11H22OSi. The zero-order valence-corrected chi connectivity index (χ0v) is 10.7. The molecule has 0 aromatic heterocycles. The van der Waals surface area contributed by atoms with Crippen LogP contribution in [0.25, 0.3) is 0 Å². The van der Waals surface area contributed by atoms with Gasteiger partial charge in [0.2, 0.25) is 8.32 Å². The molecule has 0 bridgehead atoms. The van der Waals surface area contributed by atoms with Crippen molar-refractivity contribution in [2.45, 2.75) is 40.4 Å². The van der Waals surface area contributed by atoms with E-state index in [1.165, 1.54) is 0 Å². The van der Waals surface area contributed by atoms with E-state index in [0.29, 0.717) is 5.92 Å². The van der Waals surface area contributed by atoms with Crippen molar-refractivity contribution < 1.29 is 4.43 Å². The van der Waals surface area contributed by atoms with Crippen molar-refractivity contribution in [1.29, 1.82) is 0 Å². The topological polar surface area (TPSA) is 9.23 Å². The minimum Gasteiger partial charge on any atom is -0.548 e. The van der Waals surface area contributed by atoms with E-state index >= 15 is 0 Å². The first-order valence-electron chi connectivity index (χ1n) is 4.85. The van der Waals surface area contributed by atoms with E-state index in [9.17, 15) is 0 Å². The molecule has 0 unspecified atom stereocenters. The van der Waals surface area contributed by atoms with Crippen LogP contribution in [0.1, 0.15) is 20.8 Å². The average Bonchev–Trinajstić information content (AvgIpc) is 1.81. The SMILES string of the molecule is CC(=CC=CC(C)C)O[Si](C)(C)C. The molecule has 0 aliphatic heterocycles. The van der Waals surface area contributed by atoms with E-state index in [4.69, 9.17) is 4.43 Å². The van der Waals surface area contributed by atoms with Gasteiger partial charge < -0.3 is 4.43 Å². The molecule has 0 saturated heterocycles. The first-order valence-corrected chi connectivity index (χ1v) is 8.26. The van der Waals surface area contributed by atoms with Gasteiger partial charge in [0, 0.05) is 0 Å². The molecule has 0 aromatic carbocycles. The van der Waals surface area contributed by atoms with Gasteiger partial charge in [-0.05, 0) is 38.6 Å². The molecule has 76 valence electrons. The normalized spacial score (nSPS) is 14.2. The van der Waals surface area contributed by atoms with Crippen LogP contribution in [0.15, 0.2) is 24.0 Å². The first-order chi connectivity index (χ1) is 5.81. The molecule has 1 nitrogen and oxygen atoms in total. The van der Waals surface area contributed by atoms with Crippen LogP contribution in [-0.2, 0) is 4.43 Å². The Morgan fingerprint density at radius 2 is 1.77 bits per heavy atom. The van der Waals surface area contributed by atoms with Gasteiger partial charge in [0.05, 0.1) is 5.76 Å². The summed E-state index contributed by atoms with van der Waals surface area (Å²) in [4.78, 5) is 0. The van der Waals surface area contributed by atoms with Gasteiger partial charge in [-0.1, -0.05) is 26.0 Å². The Bertz CT molecular complexity index is 197. The highest BCUT2D eigenvalue weighted by Crippen LogP contribution is 2.09. The van der Waals surface area contributed by atoms with Crippen LogP contribution in [0, 0.1) is 5.92 Å². The van der Waals surface area contributed by atoms with Gasteiger partial charge in [0.1, 0.15) is 0 Å². The van der Waals surface area contributed by atoms with E-state index in [2.05, 4.69) is 45.6 Å². The number of hydrogen-bond donors (Lipinski definition) is 0. The van der Waals surface area contributed by atoms with Crippen molar-refractivity contribution >= 4 is 8.32 Å². The molecule has 13 heavy (non-hydrogen) atoms. The van der Waals surface area contributed by atoms with Gasteiger partial charge in [-0.25, -0.2) is 0 Å².